The predicted octanol–water partition coefficient (Wildman–Crippen LogP) is 3.13. The number of carbonyl (C=O) groups is 1. The summed E-state index contributed by atoms with van der Waals surface area (Å²) in [6.07, 6.45) is 1.74. The number of fused-ring (bicyclic) bond motifs is 1. The third-order valence-corrected chi connectivity index (χ3v) is 3.98. The fourth-order valence-corrected chi connectivity index (χ4v) is 3.06. The van der Waals surface area contributed by atoms with Crippen LogP contribution in [0.1, 0.15) is 20.8 Å². The molecule has 0 bridgehead atoms. The molecule has 6 heteroatoms. The second-order valence-electron chi connectivity index (χ2n) is 4.68. The van der Waals surface area contributed by atoms with E-state index in [-0.39, 0.29) is 11.7 Å². The Bertz CT molecular complexity index is 527. The van der Waals surface area contributed by atoms with Gasteiger partial charge < -0.3 is 4.74 Å². The summed E-state index contributed by atoms with van der Waals surface area (Å²) in [7, 11) is 0. The Kier molecular flexibility index (Phi) is 3.87. The second kappa shape index (κ2) is 5.24. The molecule has 0 aromatic carbocycles. The number of hydrogen-bond acceptors (Lipinski definition) is 6. The first-order valence-corrected chi connectivity index (χ1v) is 7.30. The van der Waals surface area contributed by atoms with Gasteiger partial charge in [-0.3, -0.25) is 4.79 Å². The first-order valence-electron chi connectivity index (χ1n) is 5.50. The number of thiazole rings is 1. The number of pyridine rings is 1. The lowest BCUT2D eigenvalue weighted by atomic mass is 10.2. The van der Waals surface area contributed by atoms with Crippen molar-refractivity contribution in [1.29, 1.82) is 0 Å². The molecule has 2 aromatic heterocycles. The first kappa shape index (κ1) is 13.3. The van der Waals surface area contributed by atoms with Crippen LogP contribution < -0.4 is 0 Å². The van der Waals surface area contributed by atoms with Gasteiger partial charge in [0, 0.05) is 6.20 Å². The van der Waals surface area contributed by atoms with Crippen molar-refractivity contribution in [3.63, 3.8) is 0 Å². The van der Waals surface area contributed by atoms with Gasteiger partial charge in [0.1, 0.15) is 15.9 Å². The van der Waals surface area contributed by atoms with Crippen molar-refractivity contribution in [2.24, 2.45) is 0 Å². The zero-order valence-corrected chi connectivity index (χ0v) is 12.1. The van der Waals surface area contributed by atoms with Crippen molar-refractivity contribution in [3.8, 4) is 0 Å². The average molecular weight is 282 g/mol. The third kappa shape index (κ3) is 3.68. The smallest absolute Gasteiger partial charge is 0.316 e. The van der Waals surface area contributed by atoms with E-state index in [0.29, 0.717) is 0 Å². The lowest BCUT2D eigenvalue weighted by Crippen LogP contribution is -2.24. The minimum Gasteiger partial charge on any atom is -0.459 e. The molecule has 0 saturated heterocycles. The number of thioether (sulfide) groups is 1. The number of aromatic nitrogens is 2. The Morgan fingerprint density at radius 1 is 1.50 bits per heavy atom. The summed E-state index contributed by atoms with van der Waals surface area (Å²) in [5.74, 6) is 0.0524. The molecule has 18 heavy (non-hydrogen) atoms. The standard InChI is InChI=1S/C12H14N2O2S2/c1-12(2,3)16-9(15)7-17-11-14-8-5-4-6-13-10(8)18-11/h4-6H,7H2,1-3H3. The van der Waals surface area contributed by atoms with E-state index < -0.39 is 5.60 Å². The highest BCUT2D eigenvalue weighted by molar-refractivity contribution is 8.01. The molecule has 2 rings (SSSR count). The molecule has 4 nitrogen and oxygen atoms in total. The summed E-state index contributed by atoms with van der Waals surface area (Å²) in [4.78, 5) is 21.1. The van der Waals surface area contributed by atoms with Crippen molar-refractivity contribution in [2.75, 3.05) is 5.75 Å². The molecule has 0 radical (unpaired) electrons. The molecule has 0 aliphatic carbocycles. The van der Waals surface area contributed by atoms with Gasteiger partial charge in [-0.2, -0.15) is 0 Å². The Hall–Kier alpha value is -1.14. The molecule has 0 aliphatic rings. The van der Waals surface area contributed by atoms with Crippen molar-refractivity contribution >= 4 is 39.4 Å². The highest BCUT2D eigenvalue weighted by Crippen LogP contribution is 2.28. The molecule has 96 valence electrons. The van der Waals surface area contributed by atoms with Gasteiger partial charge in [0.05, 0.1) is 5.75 Å². The minimum absolute atomic E-state index is 0.222. The minimum atomic E-state index is -0.438. The van der Waals surface area contributed by atoms with Crippen molar-refractivity contribution in [2.45, 2.75) is 30.7 Å². The maximum Gasteiger partial charge on any atom is 0.316 e. The molecule has 0 unspecified atom stereocenters. The molecule has 0 fully saturated rings. The molecule has 2 heterocycles. The van der Waals surface area contributed by atoms with Crippen LogP contribution in [0.15, 0.2) is 22.7 Å². The van der Waals surface area contributed by atoms with Crippen molar-refractivity contribution in [3.05, 3.63) is 18.3 Å². The Morgan fingerprint density at radius 3 is 2.94 bits per heavy atom. The van der Waals surface area contributed by atoms with Gasteiger partial charge in [0.25, 0.3) is 0 Å². The van der Waals surface area contributed by atoms with Gasteiger partial charge in [-0.05, 0) is 32.9 Å². The number of nitrogens with zero attached hydrogens (tertiary/aromatic N) is 2. The summed E-state index contributed by atoms with van der Waals surface area (Å²) in [6, 6.07) is 3.76. The molecule has 2 aromatic rings. The van der Waals surface area contributed by atoms with Crippen LogP contribution in [0, 0.1) is 0 Å². The van der Waals surface area contributed by atoms with Crippen molar-refractivity contribution in [1.82, 2.24) is 9.97 Å². The third-order valence-electron chi connectivity index (χ3n) is 1.88. The lowest BCUT2D eigenvalue weighted by molar-refractivity contribution is -0.151. The van der Waals surface area contributed by atoms with Crippen LogP contribution in [-0.2, 0) is 9.53 Å². The van der Waals surface area contributed by atoms with Crippen LogP contribution in [0.2, 0.25) is 0 Å². The average Bonchev–Trinajstić information content (AvgIpc) is 2.66. The van der Waals surface area contributed by atoms with E-state index in [2.05, 4.69) is 9.97 Å². The normalized spacial score (nSPS) is 11.7. The molecular formula is C12H14N2O2S2. The molecule has 0 spiro atoms. The van der Waals surface area contributed by atoms with Gasteiger partial charge in [0.2, 0.25) is 0 Å². The van der Waals surface area contributed by atoms with E-state index in [1.165, 1.54) is 23.1 Å². The summed E-state index contributed by atoms with van der Waals surface area (Å²) in [5.41, 5.74) is 0.432. The van der Waals surface area contributed by atoms with E-state index in [9.17, 15) is 4.79 Å². The summed E-state index contributed by atoms with van der Waals surface area (Å²) in [6.45, 7) is 5.57. The Labute approximate surface area is 114 Å². The van der Waals surface area contributed by atoms with Crippen LogP contribution >= 0.6 is 23.1 Å². The van der Waals surface area contributed by atoms with Crippen LogP contribution in [0.25, 0.3) is 10.3 Å². The fourth-order valence-electron chi connectivity index (χ4n) is 1.30. The molecule has 0 aliphatic heterocycles. The molecule has 0 N–H and O–H groups in total. The van der Waals surface area contributed by atoms with Crippen LogP contribution in [-0.4, -0.2) is 27.3 Å². The van der Waals surface area contributed by atoms with E-state index in [1.54, 1.807) is 6.20 Å². The molecule has 0 amide bonds. The van der Waals surface area contributed by atoms with Gasteiger partial charge >= 0.3 is 5.97 Å². The summed E-state index contributed by atoms with van der Waals surface area (Å²) < 4.78 is 6.08. The maximum absolute atomic E-state index is 11.6. The predicted molar refractivity (Wildman–Crippen MR) is 74.0 cm³/mol. The van der Waals surface area contributed by atoms with Crippen LogP contribution in [0.5, 0.6) is 0 Å². The quantitative estimate of drug-likeness (QED) is 0.639. The Morgan fingerprint density at radius 2 is 2.28 bits per heavy atom. The monoisotopic (exact) mass is 282 g/mol. The summed E-state index contributed by atoms with van der Waals surface area (Å²) in [5, 5.41) is 0. The molecular weight excluding hydrogens is 268 g/mol. The van der Waals surface area contributed by atoms with E-state index >= 15 is 0 Å². The van der Waals surface area contributed by atoms with Gasteiger partial charge in [0.15, 0.2) is 4.34 Å². The fraction of sp³-hybridized carbons (Fsp3) is 0.417. The topological polar surface area (TPSA) is 52.1 Å². The number of esters is 1. The molecule has 0 saturated carbocycles. The summed E-state index contributed by atoms with van der Waals surface area (Å²) >= 11 is 2.88. The van der Waals surface area contributed by atoms with Crippen LogP contribution in [0.4, 0.5) is 0 Å². The van der Waals surface area contributed by atoms with E-state index in [0.717, 1.165) is 14.7 Å². The van der Waals surface area contributed by atoms with Gasteiger partial charge in [-0.15, -0.1) is 0 Å². The van der Waals surface area contributed by atoms with E-state index in [4.69, 9.17) is 4.74 Å². The highest BCUT2D eigenvalue weighted by atomic mass is 32.2. The zero-order chi connectivity index (χ0) is 13.2. The lowest BCUT2D eigenvalue weighted by Gasteiger charge is -2.18. The number of carbonyl (C=O) groups excluding carboxylic acids is 1. The highest BCUT2D eigenvalue weighted by Gasteiger charge is 2.17. The SMILES string of the molecule is CC(C)(C)OC(=O)CSc1nc2cccnc2s1. The van der Waals surface area contributed by atoms with Crippen LogP contribution in [0.3, 0.4) is 0 Å². The zero-order valence-electron chi connectivity index (χ0n) is 10.5. The van der Waals surface area contributed by atoms with Crippen molar-refractivity contribution < 1.29 is 9.53 Å². The maximum atomic E-state index is 11.6. The van der Waals surface area contributed by atoms with Gasteiger partial charge in [-0.25, -0.2) is 9.97 Å². The Balaban J connectivity index is 1.96. The number of ether oxygens (including phenoxy) is 1. The number of hydrogen-bond donors (Lipinski definition) is 0. The largest absolute Gasteiger partial charge is 0.459 e. The molecule has 0 atom stereocenters. The first-order chi connectivity index (χ1) is 8.44. The van der Waals surface area contributed by atoms with E-state index in [1.807, 2.05) is 32.9 Å². The second-order valence-corrected chi connectivity index (χ2v) is 6.88. The number of rotatable bonds is 3. The van der Waals surface area contributed by atoms with Gasteiger partial charge in [-0.1, -0.05) is 23.1 Å².